The summed E-state index contributed by atoms with van der Waals surface area (Å²) in [5, 5.41) is 12.2. The molecule has 0 radical (unpaired) electrons. The van der Waals surface area contributed by atoms with Crippen LogP contribution in [-0.4, -0.2) is 5.11 Å². The van der Waals surface area contributed by atoms with Crippen molar-refractivity contribution in [1.82, 2.24) is 0 Å². The van der Waals surface area contributed by atoms with E-state index in [0.717, 1.165) is 20.4 Å². The monoisotopic (exact) mass is 357 g/mol. The molecule has 0 aliphatic heterocycles. The van der Waals surface area contributed by atoms with Crippen molar-refractivity contribution in [2.45, 2.75) is 13.2 Å². The van der Waals surface area contributed by atoms with Gasteiger partial charge in [-0.3, -0.25) is 0 Å². The van der Waals surface area contributed by atoms with Crippen LogP contribution in [0, 0.1) is 9.39 Å². The summed E-state index contributed by atoms with van der Waals surface area (Å²) in [6.07, 6.45) is 0. The number of benzene rings is 2. The van der Waals surface area contributed by atoms with Crippen LogP contribution >= 0.6 is 22.6 Å². The van der Waals surface area contributed by atoms with Gasteiger partial charge in [0.2, 0.25) is 0 Å². The lowest BCUT2D eigenvalue weighted by molar-refractivity contribution is 0.282. The lowest BCUT2D eigenvalue weighted by Crippen LogP contribution is -2.01. The first-order valence-electron chi connectivity index (χ1n) is 5.56. The Bertz CT molecular complexity index is 528. The maximum atomic E-state index is 12.9. The third kappa shape index (κ3) is 3.43. The number of aliphatic hydroxyl groups excluding tert-OH is 1. The van der Waals surface area contributed by atoms with Gasteiger partial charge in [-0.25, -0.2) is 4.39 Å². The molecule has 2 aromatic rings. The quantitative estimate of drug-likeness (QED) is 0.821. The van der Waals surface area contributed by atoms with E-state index in [1.165, 1.54) is 12.1 Å². The van der Waals surface area contributed by atoms with Crippen molar-refractivity contribution in [3.8, 4) is 0 Å². The van der Waals surface area contributed by atoms with Crippen LogP contribution in [0.5, 0.6) is 0 Å². The summed E-state index contributed by atoms with van der Waals surface area (Å²) >= 11 is 2.10. The maximum Gasteiger partial charge on any atom is 0.124 e. The molecule has 2 aromatic carbocycles. The zero-order valence-corrected chi connectivity index (χ0v) is 11.8. The minimum Gasteiger partial charge on any atom is -0.392 e. The molecule has 0 saturated carbocycles. The van der Waals surface area contributed by atoms with Crippen LogP contribution in [0.1, 0.15) is 11.1 Å². The Morgan fingerprint density at radius 1 is 1.06 bits per heavy atom. The second-order valence-electron chi connectivity index (χ2n) is 3.95. The highest BCUT2D eigenvalue weighted by molar-refractivity contribution is 14.1. The molecule has 2 rings (SSSR count). The van der Waals surface area contributed by atoms with E-state index in [9.17, 15) is 4.39 Å². The van der Waals surface area contributed by atoms with E-state index in [0.29, 0.717) is 6.54 Å². The van der Waals surface area contributed by atoms with Gasteiger partial charge in [-0.05, 0) is 51.9 Å². The highest BCUT2D eigenvalue weighted by Crippen LogP contribution is 2.19. The van der Waals surface area contributed by atoms with Crippen molar-refractivity contribution in [3.63, 3.8) is 0 Å². The average molecular weight is 357 g/mol. The summed E-state index contributed by atoms with van der Waals surface area (Å²) in [7, 11) is 0. The third-order valence-corrected chi connectivity index (χ3v) is 3.51. The van der Waals surface area contributed by atoms with Crippen LogP contribution in [0.2, 0.25) is 0 Å². The molecular formula is C14H13FINO. The predicted molar refractivity (Wildman–Crippen MR) is 78.8 cm³/mol. The first-order chi connectivity index (χ1) is 8.69. The summed E-state index contributed by atoms with van der Waals surface area (Å²) < 4.78 is 13.8. The third-order valence-electron chi connectivity index (χ3n) is 2.62. The highest BCUT2D eigenvalue weighted by atomic mass is 127. The largest absolute Gasteiger partial charge is 0.392 e. The van der Waals surface area contributed by atoms with Gasteiger partial charge in [-0.1, -0.05) is 24.3 Å². The summed E-state index contributed by atoms with van der Waals surface area (Å²) in [4.78, 5) is 0. The number of aliphatic hydroxyl groups is 1. The Labute approximate surface area is 119 Å². The molecule has 0 saturated heterocycles. The number of hydrogen-bond acceptors (Lipinski definition) is 2. The molecule has 0 aliphatic carbocycles. The van der Waals surface area contributed by atoms with Crippen molar-refractivity contribution >= 4 is 28.3 Å². The topological polar surface area (TPSA) is 32.3 Å². The van der Waals surface area contributed by atoms with Gasteiger partial charge in [0.1, 0.15) is 5.82 Å². The van der Waals surface area contributed by atoms with Gasteiger partial charge in [-0.15, -0.1) is 0 Å². The summed E-state index contributed by atoms with van der Waals surface area (Å²) in [5.74, 6) is -0.225. The standard InChI is InChI=1S/C14H13FINO/c15-12-5-6-14(13(16)7-12)17-8-10-1-3-11(9-18)4-2-10/h1-7,17-18H,8-9H2. The Kier molecular flexibility index (Phi) is 4.54. The van der Waals surface area contributed by atoms with Crippen molar-refractivity contribution in [1.29, 1.82) is 0 Å². The molecule has 0 bridgehead atoms. The van der Waals surface area contributed by atoms with Crippen LogP contribution in [0.4, 0.5) is 10.1 Å². The minimum absolute atomic E-state index is 0.0591. The van der Waals surface area contributed by atoms with E-state index in [1.54, 1.807) is 6.07 Å². The van der Waals surface area contributed by atoms with Gasteiger partial charge < -0.3 is 10.4 Å². The van der Waals surface area contributed by atoms with Crippen molar-refractivity contribution in [3.05, 3.63) is 63.0 Å². The van der Waals surface area contributed by atoms with E-state index in [-0.39, 0.29) is 12.4 Å². The van der Waals surface area contributed by atoms with Crippen molar-refractivity contribution in [2.75, 3.05) is 5.32 Å². The molecule has 0 unspecified atom stereocenters. The Balaban J connectivity index is 2.02. The summed E-state index contributed by atoms with van der Waals surface area (Å²) in [5.41, 5.74) is 2.94. The summed E-state index contributed by atoms with van der Waals surface area (Å²) in [6.45, 7) is 0.733. The Morgan fingerprint density at radius 3 is 2.33 bits per heavy atom. The fourth-order valence-electron chi connectivity index (χ4n) is 1.59. The summed E-state index contributed by atoms with van der Waals surface area (Å²) in [6, 6.07) is 12.4. The molecule has 0 atom stereocenters. The molecule has 0 heterocycles. The predicted octanol–water partition coefficient (Wildman–Crippen LogP) is 3.53. The lowest BCUT2D eigenvalue weighted by atomic mass is 10.1. The average Bonchev–Trinajstić information content (AvgIpc) is 2.38. The fraction of sp³-hybridized carbons (Fsp3) is 0.143. The van der Waals surface area contributed by atoms with Crippen molar-refractivity contribution < 1.29 is 9.50 Å². The second-order valence-corrected chi connectivity index (χ2v) is 5.11. The zero-order valence-electron chi connectivity index (χ0n) is 9.66. The molecule has 0 fully saturated rings. The molecular weight excluding hydrogens is 344 g/mol. The van der Waals surface area contributed by atoms with Crippen LogP contribution in [0.15, 0.2) is 42.5 Å². The normalized spacial score (nSPS) is 10.4. The SMILES string of the molecule is OCc1ccc(CNc2ccc(F)cc2I)cc1. The van der Waals surface area contributed by atoms with Crippen LogP contribution in [-0.2, 0) is 13.2 Å². The van der Waals surface area contributed by atoms with Gasteiger partial charge in [0, 0.05) is 15.8 Å². The van der Waals surface area contributed by atoms with Crippen molar-refractivity contribution in [2.24, 2.45) is 0 Å². The second kappa shape index (κ2) is 6.15. The molecule has 0 amide bonds. The number of hydrogen-bond donors (Lipinski definition) is 2. The molecule has 2 N–H and O–H groups in total. The van der Waals surface area contributed by atoms with Gasteiger partial charge in [0.15, 0.2) is 0 Å². The smallest absolute Gasteiger partial charge is 0.124 e. The van der Waals surface area contributed by atoms with E-state index in [4.69, 9.17) is 5.11 Å². The molecule has 0 spiro atoms. The molecule has 0 aromatic heterocycles. The fourth-order valence-corrected chi connectivity index (χ4v) is 2.26. The number of anilines is 1. The molecule has 94 valence electrons. The van der Waals surface area contributed by atoms with E-state index in [1.807, 2.05) is 24.3 Å². The first kappa shape index (κ1) is 13.3. The molecule has 18 heavy (non-hydrogen) atoms. The van der Waals surface area contributed by atoms with Crippen LogP contribution in [0.3, 0.4) is 0 Å². The van der Waals surface area contributed by atoms with E-state index in [2.05, 4.69) is 27.9 Å². The number of nitrogens with one attached hydrogen (secondary N) is 1. The van der Waals surface area contributed by atoms with E-state index >= 15 is 0 Å². The van der Waals surface area contributed by atoms with Gasteiger partial charge in [0.25, 0.3) is 0 Å². The van der Waals surface area contributed by atoms with Gasteiger partial charge in [-0.2, -0.15) is 0 Å². The Morgan fingerprint density at radius 2 is 1.72 bits per heavy atom. The molecule has 0 aliphatic rings. The lowest BCUT2D eigenvalue weighted by Gasteiger charge is -2.09. The minimum atomic E-state index is -0.225. The number of rotatable bonds is 4. The highest BCUT2D eigenvalue weighted by Gasteiger charge is 2.01. The van der Waals surface area contributed by atoms with E-state index < -0.39 is 0 Å². The first-order valence-corrected chi connectivity index (χ1v) is 6.64. The van der Waals surface area contributed by atoms with Gasteiger partial charge in [0.05, 0.1) is 6.61 Å². The maximum absolute atomic E-state index is 12.9. The molecule has 4 heteroatoms. The zero-order chi connectivity index (χ0) is 13.0. The number of halogens is 2. The Hall–Kier alpha value is -1.14. The van der Waals surface area contributed by atoms with Crippen LogP contribution < -0.4 is 5.32 Å². The van der Waals surface area contributed by atoms with Crippen LogP contribution in [0.25, 0.3) is 0 Å². The molecule has 2 nitrogen and oxygen atoms in total. The van der Waals surface area contributed by atoms with Gasteiger partial charge >= 0.3 is 0 Å².